The molecule has 0 bridgehead atoms. The van der Waals surface area contributed by atoms with Crippen molar-refractivity contribution in [3.63, 3.8) is 0 Å². The normalized spacial score (nSPS) is 11.5. The van der Waals surface area contributed by atoms with Gasteiger partial charge in [0.05, 0.1) is 7.11 Å². The van der Waals surface area contributed by atoms with Gasteiger partial charge in [-0.05, 0) is 0 Å². The number of hydrogen-bond donors (Lipinski definition) is 0. The molecule has 5 heteroatoms. The van der Waals surface area contributed by atoms with Gasteiger partial charge < -0.3 is 4.74 Å². The molecule has 84 valence electrons. The van der Waals surface area contributed by atoms with Crippen LogP contribution in [0.15, 0.2) is 0 Å². The Bertz CT molecular complexity index is 363. The molecule has 0 atom stereocenters. The van der Waals surface area contributed by atoms with Crippen LogP contribution in [0.25, 0.3) is 0 Å². The van der Waals surface area contributed by atoms with Crippen LogP contribution in [0.2, 0.25) is 0 Å². The molecule has 0 aliphatic heterocycles. The number of rotatable bonds is 2. The van der Waals surface area contributed by atoms with Crippen LogP contribution in [-0.4, -0.2) is 27.8 Å². The standard InChI is InChI=1S/C10H17N3O2/c1-10(2,3)9-11-7(13(4)12-9)6-8(14)15-5/h6H2,1-5H3. The van der Waals surface area contributed by atoms with Crippen LogP contribution in [-0.2, 0) is 28.4 Å². The van der Waals surface area contributed by atoms with E-state index in [4.69, 9.17) is 0 Å². The molecular weight excluding hydrogens is 194 g/mol. The van der Waals surface area contributed by atoms with Gasteiger partial charge in [0, 0.05) is 12.5 Å². The Morgan fingerprint density at radius 2 is 2.07 bits per heavy atom. The highest BCUT2D eigenvalue weighted by Crippen LogP contribution is 2.18. The molecule has 0 aromatic carbocycles. The lowest BCUT2D eigenvalue weighted by Crippen LogP contribution is -2.13. The summed E-state index contributed by atoms with van der Waals surface area (Å²) in [6.45, 7) is 6.10. The second-order valence-electron chi connectivity index (χ2n) is 4.48. The average molecular weight is 211 g/mol. The van der Waals surface area contributed by atoms with E-state index in [2.05, 4.69) is 14.8 Å². The van der Waals surface area contributed by atoms with E-state index in [0.29, 0.717) is 5.82 Å². The minimum atomic E-state index is -0.300. The first-order chi connectivity index (χ1) is 6.84. The first-order valence-electron chi connectivity index (χ1n) is 4.82. The maximum atomic E-state index is 11.1. The van der Waals surface area contributed by atoms with Crippen molar-refractivity contribution in [1.29, 1.82) is 0 Å². The summed E-state index contributed by atoms with van der Waals surface area (Å²) in [5.74, 6) is 1.07. The van der Waals surface area contributed by atoms with Crippen LogP contribution in [0.1, 0.15) is 32.4 Å². The van der Waals surface area contributed by atoms with E-state index >= 15 is 0 Å². The summed E-state index contributed by atoms with van der Waals surface area (Å²) in [5.41, 5.74) is -0.105. The van der Waals surface area contributed by atoms with Crippen molar-refractivity contribution < 1.29 is 9.53 Å². The number of carbonyl (C=O) groups excluding carboxylic acids is 1. The number of aromatic nitrogens is 3. The first-order valence-corrected chi connectivity index (χ1v) is 4.82. The van der Waals surface area contributed by atoms with Crippen molar-refractivity contribution >= 4 is 5.97 Å². The van der Waals surface area contributed by atoms with Crippen molar-refractivity contribution in [3.05, 3.63) is 11.6 Å². The highest BCUT2D eigenvalue weighted by molar-refractivity contribution is 5.71. The number of ether oxygens (including phenoxy) is 1. The quantitative estimate of drug-likeness (QED) is 0.680. The van der Waals surface area contributed by atoms with Crippen molar-refractivity contribution in [1.82, 2.24) is 14.8 Å². The third-order valence-electron chi connectivity index (χ3n) is 2.05. The molecule has 1 rings (SSSR count). The summed E-state index contributed by atoms with van der Waals surface area (Å²) in [7, 11) is 3.14. The molecule has 5 nitrogen and oxygen atoms in total. The summed E-state index contributed by atoms with van der Waals surface area (Å²) in [5, 5.41) is 4.27. The lowest BCUT2D eigenvalue weighted by atomic mass is 9.96. The molecule has 0 amide bonds. The van der Waals surface area contributed by atoms with Crippen LogP contribution in [0.3, 0.4) is 0 Å². The molecule has 0 saturated carbocycles. The molecule has 1 aromatic heterocycles. The van der Waals surface area contributed by atoms with E-state index in [1.807, 2.05) is 20.8 Å². The summed E-state index contributed by atoms with van der Waals surface area (Å²) in [6, 6.07) is 0. The molecule has 1 aromatic rings. The smallest absolute Gasteiger partial charge is 0.313 e. The number of aryl methyl sites for hydroxylation is 1. The van der Waals surface area contributed by atoms with Crippen LogP contribution in [0.4, 0.5) is 0 Å². The number of carbonyl (C=O) groups is 1. The van der Waals surface area contributed by atoms with Gasteiger partial charge in [-0.1, -0.05) is 20.8 Å². The van der Waals surface area contributed by atoms with Gasteiger partial charge in [0.15, 0.2) is 5.82 Å². The molecule has 0 spiro atoms. The first kappa shape index (κ1) is 11.7. The molecule has 0 aliphatic carbocycles. The van der Waals surface area contributed by atoms with Gasteiger partial charge in [-0.2, -0.15) is 5.10 Å². The fourth-order valence-corrected chi connectivity index (χ4v) is 1.09. The highest BCUT2D eigenvalue weighted by atomic mass is 16.5. The topological polar surface area (TPSA) is 57.0 Å². The predicted molar refractivity (Wildman–Crippen MR) is 55.4 cm³/mol. The van der Waals surface area contributed by atoms with Crippen LogP contribution in [0.5, 0.6) is 0 Å². The highest BCUT2D eigenvalue weighted by Gasteiger charge is 2.21. The van der Waals surface area contributed by atoms with Crippen molar-refractivity contribution in [3.8, 4) is 0 Å². The molecule has 0 N–H and O–H groups in total. The van der Waals surface area contributed by atoms with Crippen LogP contribution in [0, 0.1) is 0 Å². The number of methoxy groups -OCH3 is 1. The molecule has 0 radical (unpaired) electrons. The third kappa shape index (κ3) is 2.78. The molecule has 0 aliphatic rings. The van der Waals surface area contributed by atoms with E-state index < -0.39 is 0 Å². The lowest BCUT2D eigenvalue weighted by molar-refractivity contribution is -0.139. The Hall–Kier alpha value is -1.39. The van der Waals surface area contributed by atoms with Crippen LogP contribution >= 0.6 is 0 Å². The zero-order valence-corrected chi connectivity index (χ0v) is 9.87. The molecular formula is C10H17N3O2. The van der Waals surface area contributed by atoms with Gasteiger partial charge in [0.25, 0.3) is 0 Å². The second kappa shape index (κ2) is 4.00. The minimum absolute atomic E-state index is 0.105. The van der Waals surface area contributed by atoms with E-state index in [1.54, 1.807) is 11.7 Å². The van der Waals surface area contributed by atoms with Crippen LogP contribution < -0.4 is 0 Å². The van der Waals surface area contributed by atoms with E-state index in [-0.39, 0.29) is 17.8 Å². The minimum Gasteiger partial charge on any atom is -0.469 e. The summed E-state index contributed by atoms with van der Waals surface area (Å²) < 4.78 is 6.21. The summed E-state index contributed by atoms with van der Waals surface area (Å²) in [4.78, 5) is 15.4. The molecule has 0 fully saturated rings. The molecule has 0 saturated heterocycles. The van der Waals surface area contributed by atoms with Crippen molar-refractivity contribution in [2.24, 2.45) is 7.05 Å². The predicted octanol–water partition coefficient (Wildman–Crippen LogP) is 0.828. The molecule has 0 unspecified atom stereocenters. The lowest BCUT2D eigenvalue weighted by Gasteiger charge is -2.11. The van der Waals surface area contributed by atoms with Gasteiger partial charge in [0.1, 0.15) is 12.2 Å². The number of nitrogens with zero attached hydrogens (tertiary/aromatic N) is 3. The van der Waals surface area contributed by atoms with Gasteiger partial charge in [-0.25, -0.2) is 4.98 Å². The van der Waals surface area contributed by atoms with Gasteiger partial charge >= 0.3 is 5.97 Å². The number of esters is 1. The zero-order chi connectivity index (χ0) is 11.6. The average Bonchev–Trinajstić information content (AvgIpc) is 2.47. The molecule has 15 heavy (non-hydrogen) atoms. The van der Waals surface area contributed by atoms with Gasteiger partial charge in [0.2, 0.25) is 0 Å². The third-order valence-corrected chi connectivity index (χ3v) is 2.05. The Balaban J connectivity index is 2.92. The Kier molecular flexibility index (Phi) is 3.12. The monoisotopic (exact) mass is 211 g/mol. The SMILES string of the molecule is COC(=O)Cc1nc(C(C)(C)C)nn1C. The fourth-order valence-electron chi connectivity index (χ4n) is 1.09. The zero-order valence-electron chi connectivity index (χ0n) is 9.87. The Labute approximate surface area is 89.5 Å². The van der Waals surface area contributed by atoms with Crippen molar-refractivity contribution in [2.75, 3.05) is 7.11 Å². The van der Waals surface area contributed by atoms with Crippen molar-refractivity contribution in [2.45, 2.75) is 32.6 Å². The van der Waals surface area contributed by atoms with E-state index in [9.17, 15) is 4.79 Å². The maximum absolute atomic E-state index is 11.1. The van der Waals surface area contributed by atoms with Gasteiger partial charge in [-0.3, -0.25) is 9.48 Å². The van der Waals surface area contributed by atoms with Gasteiger partial charge in [-0.15, -0.1) is 0 Å². The Morgan fingerprint density at radius 3 is 2.47 bits per heavy atom. The summed E-state index contributed by atoms with van der Waals surface area (Å²) in [6.07, 6.45) is 0.163. The summed E-state index contributed by atoms with van der Waals surface area (Å²) >= 11 is 0. The maximum Gasteiger partial charge on any atom is 0.313 e. The fraction of sp³-hybridized carbons (Fsp3) is 0.700. The van der Waals surface area contributed by atoms with E-state index in [1.165, 1.54) is 7.11 Å². The second-order valence-corrected chi connectivity index (χ2v) is 4.48. The van der Waals surface area contributed by atoms with E-state index in [0.717, 1.165) is 5.82 Å². The number of hydrogen-bond acceptors (Lipinski definition) is 4. The largest absolute Gasteiger partial charge is 0.469 e. The Morgan fingerprint density at radius 1 is 1.47 bits per heavy atom. The molecule has 1 heterocycles.